The van der Waals surface area contributed by atoms with Gasteiger partial charge in [-0.1, -0.05) is 24.3 Å². The Bertz CT molecular complexity index is 607. The summed E-state index contributed by atoms with van der Waals surface area (Å²) in [7, 11) is 0. The Morgan fingerprint density at radius 3 is 3.17 bits per heavy atom. The quantitative estimate of drug-likeness (QED) is 0.769. The lowest BCUT2D eigenvalue weighted by molar-refractivity contribution is 0.168. The highest BCUT2D eigenvalue weighted by atomic mass is 32.1. The van der Waals surface area contributed by atoms with E-state index in [1.54, 1.807) is 6.92 Å². The summed E-state index contributed by atoms with van der Waals surface area (Å²) < 4.78 is 4.83. The van der Waals surface area contributed by atoms with E-state index in [4.69, 9.17) is 4.74 Å². The molecule has 0 bridgehead atoms. The molecule has 3 rings (SSSR count). The highest BCUT2D eigenvalue weighted by Crippen LogP contribution is 2.40. The van der Waals surface area contributed by atoms with Gasteiger partial charge in [-0.2, -0.15) is 0 Å². The fourth-order valence-corrected chi connectivity index (χ4v) is 3.05. The van der Waals surface area contributed by atoms with Crippen molar-refractivity contribution in [2.45, 2.75) is 13.3 Å². The molecule has 18 heavy (non-hydrogen) atoms. The number of nitrogens with zero attached hydrogens (tertiary/aromatic N) is 1. The molecule has 4 nitrogen and oxygen atoms in total. The minimum absolute atomic E-state index is 0.361. The Morgan fingerprint density at radius 1 is 1.50 bits per heavy atom. The number of benzene rings is 1. The van der Waals surface area contributed by atoms with Crippen LogP contribution in [0.2, 0.25) is 0 Å². The number of fused-ring (bicyclic) bond motifs is 3. The normalized spacial score (nSPS) is 11.8. The van der Waals surface area contributed by atoms with E-state index in [1.807, 2.05) is 12.1 Å². The van der Waals surface area contributed by atoms with Crippen molar-refractivity contribution < 1.29 is 9.53 Å². The first-order chi connectivity index (χ1) is 8.78. The van der Waals surface area contributed by atoms with Crippen LogP contribution in [0.3, 0.4) is 0 Å². The first-order valence-corrected chi connectivity index (χ1v) is 6.61. The third-order valence-electron chi connectivity index (χ3n) is 2.81. The van der Waals surface area contributed by atoms with Gasteiger partial charge >= 0.3 is 6.09 Å². The maximum Gasteiger partial charge on any atom is 0.413 e. The van der Waals surface area contributed by atoms with E-state index in [9.17, 15) is 4.79 Å². The van der Waals surface area contributed by atoms with Gasteiger partial charge in [0.2, 0.25) is 0 Å². The van der Waals surface area contributed by atoms with Crippen LogP contribution in [0.4, 0.5) is 9.93 Å². The average Bonchev–Trinajstić information content (AvgIpc) is 2.86. The van der Waals surface area contributed by atoms with Gasteiger partial charge < -0.3 is 4.74 Å². The molecule has 0 fully saturated rings. The zero-order valence-electron chi connectivity index (χ0n) is 9.90. The standard InChI is InChI=1S/C13H12N2O2S/c1-2-17-13(16)15-12-14-11-9-6-4-3-5-8(9)7-10(11)18-12/h3-6H,2,7H2,1H3,(H,14,15,16). The summed E-state index contributed by atoms with van der Waals surface area (Å²) in [6, 6.07) is 8.22. The van der Waals surface area contributed by atoms with Gasteiger partial charge in [0.1, 0.15) is 0 Å². The fourth-order valence-electron chi connectivity index (χ4n) is 2.07. The number of hydrogen-bond acceptors (Lipinski definition) is 4. The molecule has 0 atom stereocenters. The molecule has 1 aliphatic rings. The minimum atomic E-state index is -0.446. The van der Waals surface area contributed by atoms with Crippen molar-refractivity contribution in [2.75, 3.05) is 11.9 Å². The Balaban J connectivity index is 1.86. The number of thiazole rings is 1. The Hall–Kier alpha value is -1.88. The predicted octanol–water partition coefficient (Wildman–Crippen LogP) is 3.28. The smallest absolute Gasteiger partial charge is 0.413 e. The third-order valence-corrected chi connectivity index (χ3v) is 3.78. The molecule has 0 spiro atoms. The van der Waals surface area contributed by atoms with E-state index in [1.165, 1.54) is 27.3 Å². The lowest BCUT2D eigenvalue weighted by Gasteiger charge is -2.01. The molecule has 1 aliphatic carbocycles. The topological polar surface area (TPSA) is 51.2 Å². The molecule has 2 aromatic rings. The average molecular weight is 260 g/mol. The third kappa shape index (κ3) is 1.86. The van der Waals surface area contributed by atoms with Crippen molar-refractivity contribution in [1.82, 2.24) is 4.98 Å². The van der Waals surface area contributed by atoms with E-state index >= 15 is 0 Å². The molecule has 92 valence electrons. The van der Waals surface area contributed by atoms with E-state index in [0.717, 1.165) is 12.1 Å². The minimum Gasteiger partial charge on any atom is -0.450 e. The van der Waals surface area contributed by atoms with Gasteiger partial charge in [0.05, 0.1) is 12.3 Å². The van der Waals surface area contributed by atoms with Crippen LogP contribution in [-0.4, -0.2) is 17.7 Å². The molecule has 0 aliphatic heterocycles. The molecule has 5 heteroatoms. The second-order valence-corrected chi connectivity index (χ2v) is 5.05. The van der Waals surface area contributed by atoms with Crippen LogP contribution in [0.1, 0.15) is 17.4 Å². The summed E-state index contributed by atoms with van der Waals surface area (Å²) in [5, 5.41) is 3.25. The number of anilines is 1. The molecule has 0 radical (unpaired) electrons. The van der Waals surface area contributed by atoms with Gasteiger partial charge in [-0.15, -0.1) is 11.3 Å². The lowest BCUT2D eigenvalue weighted by Crippen LogP contribution is -2.12. The first-order valence-electron chi connectivity index (χ1n) is 5.79. The Kier molecular flexibility index (Phi) is 2.76. The summed E-state index contributed by atoms with van der Waals surface area (Å²) >= 11 is 1.51. The van der Waals surface area contributed by atoms with Crippen molar-refractivity contribution in [3.8, 4) is 11.3 Å². The molecule has 1 aromatic heterocycles. The second-order valence-electron chi connectivity index (χ2n) is 3.97. The van der Waals surface area contributed by atoms with Crippen LogP contribution in [0.25, 0.3) is 11.3 Å². The second kappa shape index (κ2) is 4.42. The summed E-state index contributed by atoms with van der Waals surface area (Å²) in [6.07, 6.45) is 0.450. The van der Waals surface area contributed by atoms with E-state index in [2.05, 4.69) is 22.4 Å². The van der Waals surface area contributed by atoms with Crippen LogP contribution in [0.15, 0.2) is 24.3 Å². The van der Waals surface area contributed by atoms with Crippen molar-refractivity contribution in [3.05, 3.63) is 34.7 Å². The number of amides is 1. The summed E-state index contributed by atoms with van der Waals surface area (Å²) in [6.45, 7) is 2.14. The van der Waals surface area contributed by atoms with Crippen LogP contribution in [0.5, 0.6) is 0 Å². The van der Waals surface area contributed by atoms with Crippen LogP contribution in [-0.2, 0) is 11.2 Å². The van der Waals surface area contributed by atoms with Crippen LogP contribution in [0, 0.1) is 0 Å². The van der Waals surface area contributed by atoms with Gasteiger partial charge in [0.15, 0.2) is 5.13 Å². The van der Waals surface area contributed by atoms with Crippen molar-refractivity contribution in [3.63, 3.8) is 0 Å². The number of nitrogens with one attached hydrogen (secondary N) is 1. The van der Waals surface area contributed by atoms with Crippen molar-refractivity contribution in [1.29, 1.82) is 0 Å². The number of aromatic nitrogens is 1. The van der Waals surface area contributed by atoms with Crippen molar-refractivity contribution >= 4 is 22.6 Å². The Labute approximate surface area is 109 Å². The molecule has 1 amide bonds. The maximum atomic E-state index is 11.3. The van der Waals surface area contributed by atoms with Gasteiger partial charge in [-0.3, -0.25) is 5.32 Å². The maximum absolute atomic E-state index is 11.3. The fraction of sp³-hybridized carbons (Fsp3) is 0.231. The Morgan fingerprint density at radius 2 is 2.33 bits per heavy atom. The predicted molar refractivity (Wildman–Crippen MR) is 71.0 cm³/mol. The van der Waals surface area contributed by atoms with Crippen LogP contribution < -0.4 is 5.32 Å². The highest BCUT2D eigenvalue weighted by Gasteiger charge is 2.23. The summed E-state index contributed by atoms with van der Waals surface area (Å²) in [5.74, 6) is 0. The van der Waals surface area contributed by atoms with Gasteiger partial charge in [-0.05, 0) is 12.5 Å². The van der Waals surface area contributed by atoms with E-state index < -0.39 is 6.09 Å². The number of carbonyl (C=O) groups is 1. The number of hydrogen-bond donors (Lipinski definition) is 1. The monoisotopic (exact) mass is 260 g/mol. The number of carbonyl (C=O) groups excluding carboxylic acids is 1. The van der Waals surface area contributed by atoms with Crippen molar-refractivity contribution in [2.24, 2.45) is 0 Å². The number of ether oxygens (including phenoxy) is 1. The largest absolute Gasteiger partial charge is 0.450 e. The molecular weight excluding hydrogens is 248 g/mol. The van der Waals surface area contributed by atoms with Gasteiger partial charge in [0.25, 0.3) is 0 Å². The first kappa shape index (κ1) is 11.2. The zero-order chi connectivity index (χ0) is 12.5. The molecule has 1 aromatic carbocycles. The summed E-state index contributed by atoms with van der Waals surface area (Å²) in [5.41, 5.74) is 3.46. The molecule has 1 heterocycles. The zero-order valence-corrected chi connectivity index (χ0v) is 10.7. The molecule has 0 saturated carbocycles. The highest BCUT2D eigenvalue weighted by molar-refractivity contribution is 7.16. The van der Waals surface area contributed by atoms with E-state index in [0.29, 0.717) is 11.7 Å². The van der Waals surface area contributed by atoms with Gasteiger partial charge in [0, 0.05) is 16.9 Å². The molecule has 0 saturated heterocycles. The SMILES string of the molecule is CCOC(=O)Nc1nc2c(s1)Cc1ccccc1-2. The summed E-state index contributed by atoms with van der Waals surface area (Å²) in [4.78, 5) is 17.0. The van der Waals surface area contributed by atoms with E-state index in [-0.39, 0.29) is 0 Å². The molecule has 0 unspecified atom stereocenters. The van der Waals surface area contributed by atoms with Gasteiger partial charge in [-0.25, -0.2) is 9.78 Å². The lowest BCUT2D eigenvalue weighted by atomic mass is 10.1. The van der Waals surface area contributed by atoms with Crippen LogP contribution >= 0.6 is 11.3 Å². The molecule has 1 N–H and O–H groups in total. The number of rotatable bonds is 2. The molecular formula is C13H12N2O2S.